The van der Waals surface area contributed by atoms with E-state index in [1.54, 1.807) is 6.07 Å². The Bertz CT molecular complexity index is 422. The molecule has 1 aromatic rings. The number of benzene rings is 1. The number of hydrogen-bond donors (Lipinski definition) is 1. The summed E-state index contributed by atoms with van der Waals surface area (Å²) in [5.74, 6) is -1.97. The first-order valence-corrected chi connectivity index (χ1v) is 5.90. The number of carbonyl (C=O) groups is 1. The quantitative estimate of drug-likeness (QED) is 0.818. The molecule has 0 radical (unpaired) electrons. The Morgan fingerprint density at radius 2 is 2.06 bits per heavy atom. The molecule has 0 heterocycles. The molecule has 1 N–H and O–H groups in total. The maximum Gasteiger partial charge on any atom is 0.338 e. The summed E-state index contributed by atoms with van der Waals surface area (Å²) in [6.45, 7) is 6.93. The average molecular weight is 254 g/mol. The van der Waals surface area contributed by atoms with Gasteiger partial charge in [0.1, 0.15) is 5.82 Å². The van der Waals surface area contributed by atoms with Crippen LogP contribution in [0.2, 0.25) is 0 Å². The SMILES string of the molecule is CC(C)(C)CCOCc1cccc(C(=O)O)c1F. The first kappa shape index (κ1) is 14.6. The fourth-order valence-electron chi connectivity index (χ4n) is 1.42. The fraction of sp³-hybridized carbons (Fsp3) is 0.500. The van der Waals surface area contributed by atoms with Gasteiger partial charge in [-0.3, -0.25) is 0 Å². The monoisotopic (exact) mass is 254 g/mol. The molecule has 1 rings (SSSR count). The number of carboxylic acid groups (broad SMARTS) is 1. The number of aromatic carboxylic acids is 1. The summed E-state index contributed by atoms with van der Waals surface area (Å²) in [6, 6.07) is 4.31. The zero-order valence-corrected chi connectivity index (χ0v) is 11.0. The highest BCUT2D eigenvalue weighted by molar-refractivity contribution is 5.88. The first-order chi connectivity index (χ1) is 8.31. The molecule has 0 atom stereocenters. The Morgan fingerprint density at radius 3 is 2.61 bits per heavy atom. The molecule has 0 aliphatic carbocycles. The molecule has 0 unspecified atom stereocenters. The normalized spacial score (nSPS) is 11.6. The van der Waals surface area contributed by atoms with Crippen LogP contribution in [0.3, 0.4) is 0 Å². The number of carboxylic acids is 1. The van der Waals surface area contributed by atoms with Gasteiger partial charge in [-0.2, -0.15) is 0 Å². The third kappa shape index (κ3) is 4.45. The van der Waals surface area contributed by atoms with E-state index in [9.17, 15) is 9.18 Å². The second-order valence-corrected chi connectivity index (χ2v) is 5.45. The topological polar surface area (TPSA) is 46.5 Å². The van der Waals surface area contributed by atoms with Crippen molar-refractivity contribution in [3.8, 4) is 0 Å². The molecule has 0 fully saturated rings. The zero-order valence-electron chi connectivity index (χ0n) is 11.0. The Hall–Kier alpha value is -1.42. The standard InChI is InChI=1S/C14H19FO3/c1-14(2,3)7-8-18-9-10-5-4-6-11(12(10)15)13(16)17/h4-6H,7-9H2,1-3H3,(H,16,17). The number of ether oxygens (including phenoxy) is 1. The predicted octanol–water partition coefficient (Wildman–Crippen LogP) is 3.48. The van der Waals surface area contributed by atoms with Crippen LogP contribution in [0.15, 0.2) is 18.2 Å². The van der Waals surface area contributed by atoms with Crippen molar-refractivity contribution in [2.75, 3.05) is 6.61 Å². The van der Waals surface area contributed by atoms with Crippen molar-refractivity contribution in [2.45, 2.75) is 33.8 Å². The molecule has 18 heavy (non-hydrogen) atoms. The maximum absolute atomic E-state index is 13.7. The van der Waals surface area contributed by atoms with Gasteiger partial charge in [-0.05, 0) is 17.9 Å². The first-order valence-electron chi connectivity index (χ1n) is 5.90. The molecule has 0 amide bonds. The van der Waals surface area contributed by atoms with Crippen molar-refractivity contribution >= 4 is 5.97 Å². The Morgan fingerprint density at radius 1 is 1.39 bits per heavy atom. The Kier molecular flexibility index (Phi) is 4.84. The van der Waals surface area contributed by atoms with Gasteiger partial charge in [-0.1, -0.05) is 32.9 Å². The smallest absolute Gasteiger partial charge is 0.338 e. The van der Waals surface area contributed by atoms with Crippen LogP contribution >= 0.6 is 0 Å². The number of rotatable bonds is 5. The second kappa shape index (κ2) is 5.96. The van der Waals surface area contributed by atoms with E-state index in [0.717, 1.165) is 6.42 Å². The number of halogens is 1. The Labute approximate surface area is 107 Å². The van der Waals surface area contributed by atoms with Gasteiger partial charge in [0.05, 0.1) is 12.2 Å². The van der Waals surface area contributed by atoms with E-state index in [2.05, 4.69) is 20.8 Å². The summed E-state index contributed by atoms with van der Waals surface area (Å²) in [5, 5.41) is 8.79. The lowest BCUT2D eigenvalue weighted by atomic mass is 9.93. The van der Waals surface area contributed by atoms with E-state index in [-0.39, 0.29) is 23.1 Å². The molecule has 0 aromatic heterocycles. The molecule has 3 nitrogen and oxygen atoms in total. The van der Waals surface area contributed by atoms with Crippen LogP contribution < -0.4 is 0 Å². The molecule has 1 aromatic carbocycles. The third-order valence-electron chi connectivity index (χ3n) is 2.56. The summed E-state index contributed by atoms with van der Waals surface area (Å²) in [7, 11) is 0. The van der Waals surface area contributed by atoms with E-state index in [0.29, 0.717) is 6.61 Å². The van der Waals surface area contributed by atoms with Crippen LogP contribution in [0, 0.1) is 11.2 Å². The summed E-state index contributed by atoms with van der Waals surface area (Å²) < 4.78 is 19.1. The van der Waals surface area contributed by atoms with E-state index in [1.807, 2.05) is 0 Å². The van der Waals surface area contributed by atoms with Gasteiger partial charge in [0.2, 0.25) is 0 Å². The predicted molar refractivity (Wildman–Crippen MR) is 67.1 cm³/mol. The second-order valence-electron chi connectivity index (χ2n) is 5.45. The van der Waals surface area contributed by atoms with Crippen LogP contribution in [-0.2, 0) is 11.3 Å². The van der Waals surface area contributed by atoms with Gasteiger partial charge in [-0.15, -0.1) is 0 Å². The van der Waals surface area contributed by atoms with Crippen molar-refractivity contribution in [2.24, 2.45) is 5.41 Å². The van der Waals surface area contributed by atoms with Crippen LogP contribution in [0.25, 0.3) is 0 Å². The summed E-state index contributed by atoms with van der Waals surface area (Å²) in [4.78, 5) is 10.8. The van der Waals surface area contributed by atoms with Gasteiger partial charge in [0, 0.05) is 12.2 Å². The lowest BCUT2D eigenvalue weighted by molar-refractivity contribution is 0.0689. The van der Waals surface area contributed by atoms with Gasteiger partial charge >= 0.3 is 5.97 Å². The van der Waals surface area contributed by atoms with E-state index in [4.69, 9.17) is 9.84 Å². The average Bonchev–Trinajstić information content (AvgIpc) is 2.24. The van der Waals surface area contributed by atoms with Gasteiger partial charge in [0.15, 0.2) is 0 Å². The molecule has 0 aliphatic rings. The summed E-state index contributed by atoms with van der Waals surface area (Å²) in [5.41, 5.74) is 0.136. The molecule has 0 bridgehead atoms. The largest absolute Gasteiger partial charge is 0.478 e. The van der Waals surface area contributed by atoms with Crippen molar-refractivity contribution in [1.82, 2.24) is 0 Å². The minimum Gasteiger partial charge on any atom is -0.478 e. The fourth-order valence-corrected chi connectivity index (χ4v) is 1.42. The molecular formula is C14H19FO3. The maximum atomic E-state index is 13.7. The van der Waals surface area contributed by atoms with Crippen LogP contribution in [0.1, 0.15) is 43.1 Å². The molecule has 0 aliphatic heterocycles. The highest BCUT2D eigenvalue weighted by atomic mass is 19.1. The third-order valence-corrected chi connectivity index (χ3v) is 2.56. The minimum absolute atomic E-state index is 0.100. The van der Waals surface area contributed by atoms with Gasteiger partial charge in [-0.25, -0.2) is 9.18 Å². The molecule has 100 valence electrons. The van der Waals surface area contributed by atoms with E-state index >= 15 is 0 Å². The van der Waals surface area contributed by atoms with Crippen molar-refractivity contribution in [3.63, 3.8) is 0 Å². The van der Waals surface area contributed by atoms with Crippen molar-refractivity contribution < 1.29 is 19.0 Å². The Balaban J connectivity index is 2.58. The van der Waals surface area contributed by atoms with E-state index in [1.165, 1.54) is 12.1 Å². The summed E-state index contributed by atoms with van der Waals surface area (Å²) in [6.07, 6.45) is 0.868. The summed E-state index contributed by atoms with van der Waals surface area (Å²) >= 11 is 0. The zero-order chi connectivity index (χ0) is 13.8. The minimum atomic E-state index is -1.26. The number of hydrogen-bond acceptors (Lipinski definition) is 2. The molecular weight excluding hydrogens is 235 g/mol. The lowest BCUT2D eigenvalue weighted by Crippen LogP contribution is -2.10. The molecule has 0 saturated heterocycles. The van der Waals surface area contributed by atoms with Crippen LogP contribution in [0.4, 0.5) is 4.39 Å². The highest BCUT2D eigenvalue weighted by Crippen LogP contribution is 2.19. The van der Waals surface area contributed by atoms with Gasteiger partial charge < -0.3 is 9.84 Å². The molecule has 0 spiro atoms. The van der Waals surface area contributed by atoms with Gasteiger partial charge in [0.25, 0.3) is 0 Å². The lowest BCUT2D eigenvalue weighted by Gasteiger charge is -2.17. The molecule has 4 heteroatoms. The van der Waals surface area contributed by atoms with Crippen LogP contribution in [-0.4, -0.2) is 17.7 Å². The van der Waals surface area contributed by atoms with E-state index < -0.39 is 11.8 Å². The van der Waals surface area contributed by atoms with Crippen LogP contribution in [0.5, 0.6) is 0 Å². The molecule has 0 saturated carbocycles. The van der Waals surface area contributed by atoms with Crippen molar-refractivity contribution in [3.05, 3.63) is 35.1 Å². The van der Waals surface area contributed by atoms with Crippen molar-refractivity contribution in [1.29, 1.82) is 0 Å². The highest BCUT2D eigenvalue weighted by Gasteiger charge is 2.14.